The number of hydrogen-bond acceptors (Lipinski definition) is 3. The van der Waals surface area contributed by atoms with Gasteiger partial charge in [0.05, 0.1) is 6.07 Å². The van der Waals surface area contributed by atoms with Gasteiger partial charge in [-0.1, -0.05) is 36.4 Å². The summed E-state index contributed by atoms with van der Waals surface area (Å²) in [5, 5.41) is 11.3. The molecule has 0 bridgehead atoms. The summed E-state index contributed by atoms with van der Waals surface area (Å²) in [6.45, 7) is 6.29. The highest BCUT2D eigenvalue weighted by molar-refractivity contribution is 5.82. The Bertz CT molecular complexity index is 636. The molecule has 0 N–H and O–H groups in total. The van der Waals surface area contributed by atoms with Crippen LogP contribution in [0, 0.1) is 11.3 Å². The third-order valence-corrected chi connectivity index (χ3v) is 4.22. The predicted molar refractivity (Wildman–Crippen MR) is 85.9 cm³/mol. The molecule has 3 nitrogen and oxygen atoms in total. The zero-order valence-corrected chi connectivity index (χ0v) is 12.3. The van der Waals surface area contributed by atoms with Gasteiger partial charge in [-0.15, -0.1) is 0 Å². The third-order valence-electron chi connectivity index (χ3n) is 4.22. The Morgan fingerprint density at radius 2 is 1.62 bits per heavy atom. The molecule has 0 atom stereocenters. The lowest BCUT2D eigenvalue weighted by molar-refractivity contribution is 0.129. The second kappa shape index (κ2) is 6.71. The molecule has 0 amide bonds. The number of nitriles is 1. The fourth-order valence-corrected chi connectivity index (χ4v) is 2.97. The average molecular weight is 279 g/mol. The number of fused-ring (bicyclic) bond motifs is 1. The summed E-state index contributed by atoms with van der Waals surface area (Å²) in [6.07, 6.45) is 0.644. The van der Waals surface area contributed by atoms with E-state index in [1.807, 2.05) is 0 Å². The van der Waals surface area contributed by atoms with Gasteiger partial charge in [-0.05, 0) is 22.4 Å². The summed E-state index contributed by atoms with van der Waals surface area (Å²) in [6, 6.07) is 17.5. The lowest BCUT2D eigenvalue weighted by Gasteiger charge is -2.34. The van der Waals surface area contributed by atoms with Gasteiger partial charge in [-0.2, -0.15) is 5.26 Å². The van der Waals surface area contributed by atoms with Crippen molar-refractivity contribution in [3.63, 3.8) is 0 Å². The first-order valence-corrected chi connectivity index (χ1v) is 7.64. The Kier molecular flexibility index (Phi) is 4.49. The number of benzene rings is 2. The Balaban J connectivity index is 1.58. The van der Waals surface area contributed by atoms with Crippen molar-refractivity contribution in [2.75, 3.05) is 32.7 Å². The van der Waals surface area contributed by atoms with E-state index in [2.05, 4.69) is 58.3 Å². The molecule has 2 aromatic rings. The summed E-state index contributed by atoms with van der Waals surface area (Å²) in [7, 11) is 0. The summed E-state index contributed by atoms with van der Waals surface area (Å²) in [5.41, 5.74) is 1.39. The van der Waals surface area contributed by atoms with E-state index in [0.29, 0.717) is 6.42 Å². The van der Waals surface area contributed by atoms with E-state index in [1.54, 1.807) is 0 Å². The van der Waals surface area contributed by atoms with Crippen molar-refractivity contribution >= 4 is 10.8 Å². The van der Waals surface area contributed by atoms with Gasteiger partial charge in [0, 0.05) is 45.7 Å². The van der Waals surface area contributed by atoms with Crippen LogP contribution in [-0.4, -0.2) is 42.5 Å². The molecule has 2 aromatic carbocycles. The van der Waals surface area contributed by atoms with Crippen LogP contribution in [0.1, 0.15) is 12.0 Å². The number of nitrogens with zero attached hydrogens (tertiary/aromatic N) is 3. The molecule has 1 fully saturated rings. The molecular weight excluding hydrogens is 258 g/mol. The number of piperazine rings is 1. The van der Waals surface area contributed by atoms with Crippen LogP contribution in [0.15, 0.2) is 42.5 Å². The SMILES string of the molecule is N#CCCN1CCN(Cc2ccc3ccccc3c2)CC1. The lowest BCUT2D eigenvalue weighted by Crippen LogP contribution is -2.46. The van der Waals surface area contributed by atoms with E-state index in [1.165, 1.54) is 16.3 Å². The van der Waals surface area contributed by atoms with Crippen LogP contribution in [0.25, 0.3) is 10.8 Å². The summed E-state index contributed by atoms with van der Waals surface area (Å²) >= 11 is 0. The highest BCUT2D eigenvalue weighted by atomic mass is 15.3. The van der Waals surface area contributed by atoms with E-state index in [-0.39, 0.29) is 0 Å². The van der Waals surface area contributed by atoms with Gasteiger partial charge >= 0.3 is 0 Å². The molecule has 1 aliphatic rings. The molecule has 1 aliphatic heterocycles. The highest BCUT2D eigenvalue weighted by Gasteiger charge is 2.16. The monoisotopic (exact) mass is 279 g/mol. The van der Waals surface area contributed by atoms with Gasteiger partial charge in [0.2, 0.25) is 0 Å². The van der Waals surface area contributed by atoms with Crippen molar-refractivity contribution in [2.24, 2.45) is 0 Å². The molecule has 1 heterocycles. The highest BCUT2D eigenvalue weighted by Crippen LogP contribution is 2.17. The predicted octanol–water partition coefficient (Wildman–Crippen LogP) is 2.87. The topological polar surface area (TPSA) is 30.3 Å². The number of hydrogen-bond donors (Lipinski definition) is 0. The number of rotatable bonds is 4. The zero-order chi connectivity index (χ0) is 14.5. The van der Waals surface area contributed by atoms with Crippen LogP contribution in [-0.2, 0) is 6.54 Å². The Hall–Kier alpha value is -1.89. The molecule has 108 valence electrons. The third kappa shape index (κ3) is 3.60. The molecule has 0 aromatic heterocycles. The molecule has 0 unspecified atom stereocenters. The Morgan fingerprint density at radius 3 is 2.38 bits per heavy atom. The molecular formula is C18H21N3. The maximum Gasteiger partial charge on any atom is 0.0635 e. The minimum atomic E-state index is 0.644. The van der Waals surface area contributed by atoms with Crippen LogP contribution in [0.4, 0.5) is 0 Å². The molecule has 3 heteroatoms. The van der Waals surface area contributed by atoms with Crippen molar-refractivity contribution in [3.05, 3.63) is 48.0 Å². The molecule has 0 radical (unpaired) electrons. The van der Waals surface area contributed by atoms with Crippen LogP contribution in [0.5, 0.6) is 0 Å². The molecule has 0 spiro atoms. The van der Waals surface area contributed by atoms with Gasteiger partial charge in [-0.3, -0.25) is 9.80 Å². The fraction of sp³-hybridized carbons (Fsp3) is 0.389. The Labute approximate surface area is 126 Å². The van der Waals surface area contributed by atoms with Crippen LogP contribution >= 0.6 is 0 Å². The fourth-order valence-electron chi connectivity index (χ4n) is 2.97. The van der Waals surface area contributed by atoms with E-state index >= 15 is 0 Å². The van der Waals surface area contributed by atoms with Gasteiger partial charge in [-0.25, -0.2) is 0 Å². The van der Waals surface area contributed by atoms with Gasteiger partial charge in [0.1, 0.15) is 0 Å². The van der Waals surface area contributed by atoms with Gasteiger partial charge in [0.15, 0.2) is 0 Å². The molecule has 1 saturated heterocycles. The smallest absolute Gasteiger partial charge is 0.0635 e. The van der Waals surface area contributed by atoms with Crippen molar-refractivity contribution in [2.45, 2.75) is 13.0 Å². The van der Waals surface area contributed by atoms with Crippen molar-refractivity contribution in [1.29, 1.82) is 5.26 Å². The van der Waals surface area contributed by atoms with Crippen molar-refractivity contribution in [1.82, 2.24) is 9.80 Å². The first-order valence-electron chi connectivity index (χ1n) is 7.64. The quantitative estimate of drug-likeness (QED) is 0.862. The van der Waals surface area contributed by atoms with E-state index < -0.39 is 0 Å². The molecule has 3 rings (SSSR count). The van der Waals surface area contributed by atoms with Gasteiger partial charge in [0.25, 0.3) is 0 Å². The minimum Gasteiger partial charge on any atom is -0.300 e. The maximum atomic E-state index is 8.64. The maximum absolute atomic E-state index is 8.64. The minimum absolute atomic E-state index is 0.644. The van der Waals surface area contributed by atoms with E-state index in [9.17, 15) is 0 Å². The first kappa shape index (κ1) is 14.1. The average Bonchev–Trinajstić information content (AvgIpc) is 2.54. The second-order valence-corrected chi connectivity index (χ2v) is 5.71. The standard InChI is InChI=1S/C18H21N3/c19-8-3-9-20-10-12-21(13-11-20)15-16-6-7-17-4-1-2-5-18(17)14-16/h1-2,4-7,14H,3,9-13,15H2. The van der Waals surface area contributed by atoms with Crippen LogP contribution in [0.2, 0.25) is 0 Å². The summed E-state index contributed by atoms with van der Waals surface area (Å²) in [4.78, 5) is 4.90. The lowest BCUT2D eigenvalue weighted by atomic mass is 10.1. The summed E-state index contributed by atoms with van der Waals surface area (Å²) < 4.78 is 0. The van der Waals surface area contributed by atoms with Crippen molar-refractivity contribution < 1.29 is 0 Å². The largest absolute Gasteiger partial charge is 0.300 e. The molecule has 21 heavy (non-hydrogen) atoms. The Morgan fingerprint density at radius 1 is 0.905 bits per heavy atom. The normalized spacial score (nSPS) is 16.9. The van der Waals surface area contributed by atoms with E-state index in [0.717, 1.165) is 39.3 Å². The first-order chi connectivity index (χ1) is 10.3. The van der Waals surface area contributed by atoms with Crippen LogP contribution < -0.4 is 0 Å². The zero-order valence-electron chi connectivity index (χ0n) is 12.3. The second-order valence-electron chi connectivity index (χ2n) is 5.71. The summed E-state index contributed by atoms with van der Waals surface area (Å²) in [5.74, 6) is 0. The van der Waals surface area contributed by atoms with Crippen molar-refractivity contribution in [3.8, 4) is 6.07 Å². The van der Waals surface area contributed by atoms with Gasteiger partial charge < -0.3 is 0 Å². The van der Waals surface area contributed by atoms with E-state index in [4.69, 9.17) is 5.26 Å². The molecule has 0 aliphatic carbocycles. The molecule has 0 saturated carbocycles. The van der Waals surface area contributed by atoms with Crippen LogP contribution in [0.3, 0.4) is 0 Å².